The Morgan fingerprint density at radius 2 is 1.63 bits per heavy atom. The monoisotopic (exact) mass is 487 g/mol. The number of carbonyl (C=O) groups excluding carboxylic acids is 1. The van der Waals surface area contributed by atoms with Gasteiger partial charge in [-0.3, -0.25) is 0 Å². The van der Waals surface area contributed by atoms with Crippen LogP contribution in [0.15, 0.2) is 64.0 Å². The van der Waals surface area contributed by atoms with E-state index in [1.165, 1.54) is 10.4 Å². The molecule has 0 saturated carbocycles. The Balaban J connectivity index is 1.60. The summed E-state index contributed by atoms with van der Waals surface area (Å²) < 4.78 is 34.2. The summed E-state index contributed by atoms with van der Waals surface area (Å²) >= 11 is 3.44. The van der Waals surface area contributed by atoms with Crippen molar-refractivity contribution in [2.75, 3.05) is 13.1 Å². The number of esters is 1. The van der Waals surface area contributed by atoms with Gasteiger partial charge in [-0.05, 0) is 72.5 Å². The van der Waals surface area contributed by atoms with Crippen LogP contribution in [-0.4, -0.2) is 31.8 Å². The van der Waals surface area contributed by atoms with Gasteiger partial charge in [0.15, 0.2) is 0 Å². The molecule has 0 radical (unpaired) electrons. The van der Waals surface area contributed by atoms with Gasteiger partial charge in [0.1, 0.15) is 5.75 Å². The lowest BCUT2D eigenvalue weighted by molar-refractivity contribution is 0.0734. The van der Waals surface area contributed by atoms with E-state index >= 15 is 0 Å². The van der Waals surface area contributed by atoms with Crippen molar-refractivity contribution in [3.63, 3.8) is 0 Å². The third-order valence-electron chi connectivity index (χ3n) is 5.34. The van der Waals surface area contributed by atoms with E-state index in [0.717, 1.165) is 34.5 Å². The third kappa shape index (κ3) is 4.29. The number of hydrogen-bond acceptors (Lipinski definition) is 4. The molecule has 3 aromatic rings. The molecule has 1 aliphatic rings. The van der Waals surface area contributed by atoms with Crippen molar-refractivity contribution in [1.29, 1.82) is 0 Å². The van der Waals surface area contributed by atoms with Crippen LogP contribution in [0.3, 0.4) is 0 Å². The number of benzene rings is 3. The quantitative estimate of drug-likeness (QED) is 0.369. The van der Waals surface area contributed by atoms with Crippen molar-refractivity contribution in [2.24, 2.45) is 0 Å². The highest BCUT2D eigenvalue weighted by atomic mass is 79.9. The molecular weight excluding hydrogens is 466 g/mol. The Morgan fingerprint density at radius 1 is 0.933 bits per heavy atom. The van der Waals surface area contributed by atoms with Gasteiger partial charge >= 0.3 is 5.97 Å². The van der Waals surface area contributed by atoms with Gasteiger partial charge in [0.25, 0.3) is 0 Å². The van der Waals surface area contributed by atoms with Crippen molar-refractivity contribution in [2.45, 2.75) is 31.1 Å². The molecule has 4 rings (SSSR count). The number of aryl methyl sites for hydroxylation is 1. The van der Waals surface area contributed by atoms with E-state index in [1.54, 1.807) is 31.2 Å². The summed E-state index contributed by atoms with van der Waals surface area (Å²) in [5, 5.41) is 1.97. The fraction of sp³-hybridized carbons (Fsp3) is 0.261. The lowest BCUT2D eigenvalue weighted by Gasteiger charge is -2.26. The van der Waals surface area contributed by atoms with E-state index in [1.807, 2.05) is 24.3 Å². The van der Waals surface area contributed by atoms with E-state index in [-0.39, 0.29) is 10.5 Å². The van der Waals surface area contributed by atoms with Crippen LogP contribution >= 0.6 is 15.9 Å². The molecule has 30 heavy (non-hydrogen) atoms. The SMILES string of the molecule is Cc1ccc(C(=O)Oc2ccc3cc(Br)ccc3c2)cc1S(=O)(=O)N1CCCCC1. The van der Waals surface area contributed by atoms with Gasteiger partial charge in [-0.2, -0.15) is 4.31 Å². The van der Waals surface area contributed by atoms with Gasteiger partial charge < -0.3 is 4.74 Å². The number of nitrogens with zero attached hydrogens (tertiary/aromatic N) is 1. The molecule has 5 nitrogen and oxygen atoms in total. The summed E-state index contributed by atoms with van der Waals surface area (Å²) in [6.07, 6.45) is 2.76. The molecule has 1 fully saturated rings. The van der Waals surface area contributed by atoms with Crippen LogP contribution in [0, 0.1) is 6.92 Å². The number of ether oxygens (including phenoxy) is 1. The van der Waals surface area contributed by atoms with Crippen LogP contribution in [0.2, 0.25) is 0 Å². The Bertz CT molecular complexity index is 1220. The Morgan fingerprint density at radius 3 is 2.40 bits per heavy atom. The molecule has 0 unspecified atom stereocenters. The van der Waals surface area contributed by atoms with Crippen LogP contribution < -0.4 is 4.74 Å². The number of rotatable bonds is 4. The standard InChI is InChI=1S/C23H22BrNO4S/c1-16-5-6-19(15-22(16)30(27,28)25-11-3-2-4-12-25)23(26)29-21-10-8-17-13-20(24)9-7-18(17)14-21/h5-10,13-15H,2-4,11-12H2,1H3. The highest BCUT2D eigenvalue weighted by Gasteiger charge is 2.28. The first-order chi connectivity index (χ1) is 14.3. The normalized spacial score (nSPS) is 15.3. The van der Waals surface area contributed by atoms with Crippen molar-refractivity contribution in [1.82, 2.24) is 4.31 Å². The summed E-state index contributed by atoms with van der Waals surface area (Å²) in [5.74, 6) is -0.169. The average Bonchev–Trinajstić information content (AvgIpc) is 2.74. The van der Waals surface area contributed by atoms with Crippen LogP contribution in [0.25, 0.3) is 10.8 Å². The number of piperidine rings is 1. The maximum Gasteiger partial charge on any atom is 0.343 e. The van der Waals surface area contributed by atoms with E-state index in [9.17, 15) is 13.2 Å². The minimum atomic E-state index is -3.63. The molecule has 0 amide bonds. The molecule has 0 spiro atoms. The van der Waals surface area contributed by atoms with Crippen LogP contribution in [0.1, 0.15) is 35.2 Å². The third-order valence-corrected chi connectivity index (χ3v) is 7.87. The van der Waals surface area contributed by atoms with Gasteiger partial charge in [0, 0.05) is 17.6 Å². The zero-order valence-corrected chi connectivity index (χ0v) is 19.0. The Kier molecular flexibility index (Phi) is 5.95. The second-order valence-electron chi connectivity index (χ2n) is 7.49. The van der Waals surface area contributed by atoms with Gasteiger partial charge in [-0.15, -0.1) is 0 Å². The van der Waals surface area contributed by atoms with Gasteiger partial charge in [0.05, 0.1) is 10.5 Å². The number of carbonyl (C=O) groups is 1. The molecule has 7 heteroatoms. The van der Waals surface area contributed by atoms with Gasteiger partial charge in [0.2, 0.25) is 10.0 Å². The molecule has 0 bridgehead atoms. The summed E-state index contributed by atoms with van der Waals surface area (Å²) in [5.41, 5.74) is 0.834. The van der Waals surface area contributed by atoms with Crippen molar-refractivity contribution in [3.05, 3.63) is 70.2 Å². The first-order valence-electron chi connectivity index (χ1n) is 9.87. The highest BCUT2D eigenvalue weighted by molar-refractivity contribution is 9.10. The molecule has 3 aromatic carbocycles. The fourth-order valence-electron chi connectivity index (χ4n) is 3.67. The minimum Gasteiger partial charge on any atom is -0.423 e. The first kappa shape index (κ1) is 21.0. The largest absolute Gasteiger partial charge is 0.423 e. The lowest BCUT2D eigenvalue weighted by Crippen LogP contribution is -2.36. The van der Waals surface area contributed by atoms with Crippen molar-refractivity contribution >= 4 is 42.7 Å². The lowest BCUT2D eigenvalue weighted by atomic mass is 10.1. The smallest absolute Gasteiger partial charge is 0.343 e. The molecule has 0 atom stereocenters. The zero-order valence-electron chi connectivity index (χ0n) is 16.6. The number of sulfonamides is 1. The molecule has 156 valence electrons. The summed E-state index contributed by atoms with van der Waals surface area (Å²) in [7, 11) is -3.63. The van der Waals surface area contributed by atoms with Crippen LogP contribution in [0.4, 0.5) is 0 Å². The zero-order chi connectivity index (χ0) is 21.3. The van der Waals surface area contributed by atoms with Gasteiger partial charge in [-0.25, -0.2) is 13.2 Å². The summed E-state index contributed by atoms with van der Waals surface area (Å²) in [6, 6.07) is 15.9. The van der Waals surface area contributed by atoms with Crippen LogP contribution in [0.5, 0.6) is 5.75 Å². The molecule has 0 aromatic heterocycles. The predicted octanol–water partition coefficient (Wildman–Crippen LogP) is 5.30. The predicted molar refractivity (Wildman–Crippen MR) is 120 cm³/mol. The van der Waals surface area contributed by atoms with Crippen molar-refractivity contribution < 1.29 is 17.9 Å². The topological polar surface area (TPSA) is 63.7 Å². The van der Waals surface area contributed by atoms with E-state index in [0.29, 0.717) is 24.4 Å². The first-order valence-corrected chi connectivity index (χ1v) is 12.1. The van der Waals surface area contributed by atoms with E-state index in [4.69, 9.17) is 4.74 Å². The highest BCUT2D eigenvalue weighted by Crippen LogP contribution is 2.27. The number of fused-ring (bicyclic) bond motifs is 1. The molecule has 0 aliphatic carbocycles. The molecular formula is C23H22BrNO4S. The summed E-state index contributed by atoms with van der Waals surface area (Å²) in [6.45, 7) is 2.78. The second-order valence-corrected chi connectivity index (χ2v) is 10.3. The number of halogens is 1. The maximum absolute atomic E-state index is 13.1. The molecule has 1 heterocycles. The second kappa shape index (κ2) is 8.49. The Hall–Kier alpha value is -2.22. The molecule has 1 aliphatic heterocycles. The fourth-order valence-corrected chi connectivity index (χ4v) is 5.82. The maximum atomic E-state index is 13.1. The number of hydrogen-bond donors (Lipinski definition) is 0. The van der Waals surface area contributed by atoms with E-state index in [2.05, 4.69) is 15.9 Å². The summed E-state index contributed by atoms with van der Waals surface area (Å²) in [4.78, 5) is 12.9. The Labute approximate surface area is 184 Å². The van der Waals surface area contributed by atoms with E-state index < -0.39 is 16.0 Å². The van der Waals surface area contributed by atoms with Crippen molar-refractivity contribution in [3.8, 4) is 5.75 Å². The molecule has 1 saturated heterocycles. The molecule has 0 N–H and O–H groups in total. The average molecular weight is 488 g/mol. The van der Waals surface area contributed by atoms with Crippen LogP contribution in [-0.2, 0) is 10.0 Å². The van der Waals surface area contributed by atoms with Gasteiger partial charge in [-0.1, -0.05) is 40.5 Å². The minimum absolute atomic E-state index is 0.169.